The smallest absolute Gasteiger partial charge is 0.0958 e. The maximum Gasteiger partial charge on any atom is 0.0958 e. The number of hydrazine groups is 1. The standard InChI is InChI=1S/C15H13BrClN3S/c16-10-7-9(5-6-11(10)17)13(20-18)8-15-19-12-3-1-2-4-14(12)21-15/h1-7,13,20H,8,18H2. The molecule has 2 aromatic carbocycles. The van der Waals surface area contributed by atoms with Crippen molar-refractivity contribution in [2.24, 2.45) is 5.84 Å². The molecule has 21 heavy (non-hydrogen) atoms. The zero-order valence-corrected chi connectivity index (χ0v) is 14.2. The lowest BCUT2D eigenvalue weighted by molar-refractivity contribution is 0.551. The van der Waals surface area contributed by atoms with E-state index in [-0.39, 0.29) is 6.04 Å². The van der Waals surface area contributed by atoms with Crippen molar-refractivity contribution in [1.29, 1.82) is 0 Å². The van der Waals surface area contributed by atoms with Gasteiger partial charge in [0.05, 0.1) is 26.3 Å². The molecule has 0 radical (unpaired) electrons. The van der Waals surface area contributed by atoms with Gasteiger partial charge in [-0.15, -0.1) is 11.3 Å². The molecule has 6 heteroatoms. The lowest BCUT2D eigenvalue weighted by Crippen LogP contribution is -2.29. The molecule has 1 heterocycles. The number of hydrogen-bond donors (Lipinski definition) is 2. The van der Waals surface area contributed by atoms with E-state index in [0.717, 1.165) is 27.0 Å². The topological polar surface area (TPSA) is 50.9 Å². The molecule has 0 saturated heterocycles. The molecule has 0 spiro atoms. The van der Waals surface area contributed by atoms with Crippen LogP contribution in [0.4, 0.5) is 0 Å². The van der Waals surface area contributed by atoms with E-state index in [1.54, 1.807) is 11.3 Å². The van der Waals surface area contributed by atoms with Crippen LogP contribution in [0.1, 0.15) is 16.6 Å². The van der Waals surface area contributed by atoms with E-state index >= 15 is 0 Å². The van der Waals surface area contributed by atoms with Gasteiger partial charge in [-0.3, -0.25) is 11.3 Å². The van der Waals surface area contributed by atoms with Crippen LogP contribution in [0.5, 0.6) is 0 Å². The number of fused-ring (bicyclic) bond motifs is 1. The van der Waals surface area contributed by atoms with Crippen molar-refractivity contribution in [2.45, 2.75) is 12.5 Å². The number of hydrogen-bond acceptors (Lipinski definition) is 4. The maximum absolute atomic E-state index is 6.03. The van der Waals surface area contributed by atoms with Crippen molar-refractivity contribution in [3.05, 3.63) is 62.5 Å². The van der Waals surface area contributed by atoms with E-state index in [4.69, 9.17) is 17.4 Å². The van der Waals surface area contributed by atoms with Gasteiger partial charge < -0.3 is 0 Å². The van der Waals surface area contributed by atoms with Crippen LogP contribution in [0.25, 0.3) is 10.2 Å². The first-order chi connectivity index (χ1) is 10.2. The van der Waals surface area contributed by atoms with Gasteiger partial charge >= 0.3 is 0 Å². The van der Waals surface area contributed by atoms with Crippen molar-refractivity contribution >= 4 is 49.1 Å². The van der Waals surface area contributed by atoms with Gasteiger partial charge in [-0.2, -0.15) is 0 Å². The zero-order valence-electron chi connectivity index (χ0n) is 11.0. The Morgan fingerprint density at radius 2 is 2.10 bits per heavy atom. The Balaban J connectivity index is 1.88. The average Bonchev–Trinajstić information content (AvgIpc) is 2.90. The van der Waals surface area contributed by atoms with Gasteiger partial charge in [0.25, 0.3) is 0 Å². The van der Waals surface area contributed by atoms with Gasteiger partial charge in [0.1, 0.15) is 0 Å². The van der Waals surface area contributed by atoms with E-state index in [1.807, 2.05) is 36.4 Å². The Labute approximate surface area is 140 Å². The maximum atomic E-state index is 6.03. The number of benzene rings is 2. The lowest BCUT2D eigenvalue weighted by atomic mass is 10.1. The van der Waals surface area contributed by atoms with E-state index in [9.17, 15) is 0 Å². The quantitative estimate of drug-likeness (QED) is 0.517. The van der Waals surface area contributed by atoms with Gasteiger partial charge in [-0.05, 0) is 45.8 Å². The fourth-order valence-electron chi connectivity index (χ4n) is 2.18. The van der Waals surface area contributed by atoms with Crippen LogP contribution in [0.3, 0.4) is 0 Å². The SMILES string of the molecule is NNC(Cc1nc2ccccc2s1)c1ccc(Cl)c(Br)c1. The summed E-state index contributed by atoms with van der Waals surface area (Å²) in [5, 5.41) is 1.75. The number of nitrogens with one attached hydrogen (secondary N) is 1. The molecule has 0 aliphatic rings. The summed E-state index contributed by atoms with van der Waals surface area (Å²) in [6.07, 6.45) is 0.740. The first kappa shape index (κ1) is 14.9. The number of thiazole rings is 1. The second-order valence-electron chi connectivity index (χ2n) is 4.67. The molecule has 3 nitrogen and oxygen atoms in total. The summed E-state index contributed by atoms with van der Waals surface area (Å²) in [5.41, 5.74) is 4.97. The summed E-state index contributed by atoms with van der Waals surface area (Å²) in [7, 11) is 0. The highest BCUT2D eigenvalue weighted by molar-refractivity contribution is 9.10. The highest BCUT2D eigenvalue weighted by Gasteiger charge is 2.14. The van der Waals surface area contributed by atoms with E-state index in [2.05, 4.69) is 32.4 Å². The van der Waals surface area contributed by atoms with Gasteiger partial charge in [0, 0.05) is 10.9 Å². The molecular weight excluding hydrogens is 370 g/mol. The molecule has 0 amide bonds. The number of para-hydroxylation sites is 1. The number of nitrogens with zero attached hydrogens (tertiary/aromatic N) is 1. The van der Waals surface area contributed by atoms with Gasteiger partial charge in [-0.25, -0.2) is 4.98 Å². The molecule has 3 N–H and O–H groups in total. The number of aromatic nitrogens is 1. The first-order valence-electron chi connectivity index (χ1n) is 6.43. The summed E-state index contributed by atoms with van der Waals surface area (Å²) < 4.78 is 2.06. The zero-order chi connectivity index (χ0) is 14.8. The summed E-state index contributed by atoms with van der Waals surface area (Å²) in [6, 6.07) is 14.0. The van der Waals surface area contributed by atoms with Gasteiger partial charge in [-0.1, -0.05) is 29.8 Å². The summed E-state index contributed by atoms with van der Waals surface area (Å²) >= 11 is 11.2. The van der Waals surface area contributed by atoms with Crippen LogP contribution in [0.15, 0.2) is 46.9 Å². The number of halogens is 2. The second-order valence-corrected chi connectivity index (χ2v) is 7.05. The summed E-state index contributed by atoms with van der Waals surface area (Å²) in [4.78, 5) is 4.65. The molecule has 108 valence electrons. The number of nitrogens with two attached hydrogens (primary N) is 1. The summed E-state index contributed by atoms with van der Waals surface area (Å²) in [6.45, 7) is 0. The van der Waals surface area contributed by atoms with Gasteiger partial charge in [0.2, 0.25) is 0 Å². The second kappa shape index (κ2) is 6.42. The molecule has 0 saturated carbocycles. The molecule has 1 unspecified atom stereocenters. The van der Waals surface area contributed by atoms with E-state index in [0.29, 0.717) is 5.02 Å². The fraction of sp³-hybridized carbons (Fsp3) is 0.133. The molecule has 1 aromatic heterocycles. The van der Waals surface area contributed by atoms with Crippen LogP contribution in [-0.2, 0) is 6.42 Å². The Morgan fingerprint density at radius 3 is 2.81 bits per heavy atom. The highest BCUT2D eigenvalue weighted by Crippen LogP contribution is 2.29. The Hall–Kier alpha value is -0.980. The van der Waals surface area contributed by atoms with Crippen LogP contribution >= 0.6 is 38.9 Å². The highest BCUT2D eigenvalue weighted by atomic mass is 79.9. The summed E-state index contributed by atoms with van der Waals surface area (Å²) in [5.74, 6) is 5.71. The minimum atomic E-state index is -0.000807. The van der Waals surface area contributed by atoms with Crippen molar-refractivity contribution < 1.29 is 0 Å². The third-order valence-electron chi connectivity index (χ3n) is 3.26. The first-order valence-corrected chi connectivity index (χ1v) is 8.41. The predicted octanol–water partition coefficient (Wildman–Crippen LogP) is 4.46. The fourth-order valence-corrected chi connectivity index (χ4v) is 3.71. The molecule has 3 rings (SSSR count). The Kier molecular flexibility index (Phi) is 4.57. The van der Waals surface area contributed by atoms with E-state index in [1.165, 1.54) is 4.70 Å². The normalized spacial score (nSPS) is 12.7. The van der Waals surface area contributed by atoms with E-state index < -0.39 is 0 Å². The molecular formula is C15H13BrClN3S. The predicted molar refractivity (Wildman–Crippen MR) is 92.5 cm³/mol. The van der Waals surface area contributed by atoms with Crippen molar-refractivity contribution in [2.75, 3.05) is 0 Å². The minimum absolute atomic E-state index is 0.000807. The van der Waals surface area contributed by atoms with Crippen LogP contribution in [-0.4, -0.2) is 4.98 Å². The molecule has 0 fully saturated rings. The average molecular weight is 383 g/mol. The monoisotopic (exact) mass is 381 g/mol. The third kappa shape index (κ3) is 3.27. The Bertz CT molecular complexity index is 741. The van der Waals surface area contributed by atoms with Crippen molar-refractivity contribution in [3.8, 4) is 0 Å². The molecule has 1 atom stereocenters. The molecule has 0 aliphatic heterocycles. The van der Waals surface area contributed by atoms with Crippen molar-refractivity contribution in [1.82, 2.24) is 10.4 Å². The minimum Gasteiger partial charge on any atom is -0.271 e. The molecule has 3 aromatic rings. The largest absolute Gasteiger partial charge is 0.271 e. The number of rotatable bonds is 4. The molecule has 0 bridgehead atoms. The Morgan fingerprint density at radius 1 is 1.29 bits per heavy atom. The lowest BCUT2D eigenvalue weighted by Gasteiger charge is -2.15. The van der Waals surface area contributed by atoms with Crippen LogP contribution in [0, 0.1) is 0 Å². The van der Waals surface area contributed by atoms with Crippen molar-refractivity contribution in [3.63, 3.8) is 0 Å². The van der Waals surface area contributed by atoms with Crippen LogP contribution < -0.4 is 11.3 Å². The third-order valence-corrected chi connectivity index (χ3v) is 5.54. The van der Waals surface area contributed by atoms with Crippen LogP contribution in [0.2, 0.25) is 5.02 Å². The van der Waals surface area contributed by atoms with Gasteiger partial charge in [0.15, 0.2) is 0 Å². The molecule has 0 aliphatic carbocycles.